The van der Waals surface area contributed by atoms with E-state index in [1.807, 2.05) is 5.92 Å². The van der Waals surface area contributed by atoms with Gasteiger partial charge in [-0.25, -0.2) is 4.39 Å². The molecule has 0 aromatic heterocycles. The lowest BCUT2D eigenvalue weighted by molar-refractivity contribution is -0.118. The second kappa shape index (κ2) is 3.35. The lowest BCUT2D eigenvalue weighted by Gasteiger charge is -1.78. The average molecular weight is 100 g/mol. The fourth-order valence-electron chi connectivity index (χ4n) is 0.161. The van der Waals surface area contributed by atoms with E-state index in [1.165, 1.54) is 0 Å². The Balaban J connectivity index is 3.23. The maximum Gasteiger partial charge on any atom is 0.175 e. The van der Waals surface area contributed by atoms with Crippen LogP contribution < -0.4 is 0 Å². The van der Waals surface area contributed by atoms with Crippen LogP contribution in [0.3, 0.4) is 0 Å². The summed E-state index contributed by atoms with van der Waals surface area (Å²) in [6, 6.07) is 0. The SMILES string of the molecule is C#CCC(=O)CF. The minimum atomic E-state index is -0.940. The first-order chi connectivity index (χ1) is 3.31. The van der Waals surface area contributed by atoms with Gasteiger partial charge in [0.1, 0.15) is 6.67 Å². The molecule has 0 aliphatic heterocycles. The van der Waals surface area contributed by atoms with Gasteiger partial charge in [0.2, 0.25) is 0 Å². The zero-order valence-electron chi connectivity index (χ0n) is 3.78. The summed E-state index contributed by atoms with van der Waals surface area (Å²) >= 11 is 0. The summed E-state index contributed by atoms with van der Waals surface area (Å²) in [4.78, 5) is 9.89. The van der Waals surface area contributed by atoms with E-state index < -0.39 is 12.5 Å². The standard InChI is InChI=1S/C5H5FO/c1-2-3-5(7)4-6/h1H,3-4H2. The molecule has 0 saturated heterocycles. The molecule has 0 heterocycles. The molecule has 0 aromatic rings. The van der Waals surface area contributed by atoms with Gasteiger partial charge in [-0.15, -0.1) is 6.42 Å². The van der Waals surface area contributed by atoms with Gasteiger partial charge in [-0.05, 0) is 0 Å². The van der Waals surface area contributed by atoms with Crippen LogP contribution in [0.4, 0.5) is 4.39 Å². The van der Waals surface area contributed by atoms with Crippen LogP contribution in [0.15, 0.2) is 0 Å². The van der Waals surface area contributed by atoms with Crippen LogP contribution in [0.5, 0.6) is 0 Å². The molecule has 0 rings (SSSR count). The van der Waals surface area contributed by atoms with Gasteiger partial charge in [0, 0.05) is 0 Å². The van der Waals surface area contributed by atoms with Gasteiger partial charge in [0.15, 0.2) is 5.78 Å². The van der Waals surface area contributed by atoms with Crippen LogP contribution in [-0.2, 0) is 4.79 Å². The molecule has 0 aliphatic rings. The first kappa shape index (κ1) is 6.16. The molecule has 0 aromatic carbocycles. The Morgan fingerprint density at radius 1 is 1.86 bits per heavy atom. The molecule has 0 bridgehead atoms. The number of rotatable bonds is 2. The summed E-state index contributed by atoms with van der Waals surface area (Å²) < 4.78 is 11.1. The third-order valence-electron chi connectivity index (χ3n) is 0.448. The highest BCUT2D eigenvalue weighted by atomic mass is 19.1. The van der Waals surface area contributed by atoms with E-state index in [9.17, 15) is 9.18 Å². The Kier molecular flexibility index (Phi) is 2.95. The molecular formula is C5H5FO. The number of hydrogen-bond acceptors (Lipinski definition) is 1. The highest BCUT2D eigenvalue weighted by molar-refractivity contribution is 5.81. The summed E-state index contributed by atoms with van der Waals surface area (Å²) in [5, 5.41) is 0. The van der Waals surface area contributed by atoms with Crippen molar-refractivity contribution in [1.82, 2.24) is 0 Å². The van der Waals surface area contributed by atoms with Gasteiger partial charge < -0.3 is 0 Å². The van der Waals surface area contributed by atoms with E-state index in [1.54, 1.807) is 0 Å². The average Bonchev–Trinajstić information content (AvgIpc) is 1.68. The highest BCUT2D eigenvalue weighted by Crippen LogP contribution is 1.78. The molecule has 2 heteroatoms. The van der Waals surface area contributed by atoms with Crippen LogP contribution in [0.2, 0.25) is 0 Å². The molecule has 0 N–H and O–H groups in total. The van der Waals surface area contributed by atoms with Crippen molar-refractivity contribution < 1.29 is 9.18 Å². The third-order valence-corrected chi connectivity index (χ3v) is 0.448. The Hall–Kier alpha value is -0.840. The molecule has 7 heavy (non-hydrogen) atoms. The zero-order valence-corrected chi connectivity index (χ0v) is 3.78. The minimum Gasteiger partial charge on any atom is -0.296 e. The molecule has 0 saturated carbocycles. The van der Waals surface area contributed by atoms with Crippen molar-refractivity contribution in [2.24, 2.45) is 0 Å². The van der Waals surface area contributed by atoms with E-state index in [4.69, 9.17) is 0 Å². The van der Waals surface area contributed by atoms with Crippen molar-refractivity contribution in [3.63, 3.8) is 0 Å². The van der Waals surface area contributed by atoms with Gasteiger partial charge in [-0.1, -0.05) is 5.92 Å². The summed E-state index contributed by atoms with van der Waals surface area (Å²) in [5.74, 6) is 1.50. The predicted molar refractivity (Wildman–Crippen MR) is 24.4 cm³/mol. The number of Topliss-reactive ketones (excluding diaryl/α,β-unsaturated/α-hetero) is 1. The van der Waals surface area contributed by atoms with E-state index in [-0.39, 0.29) is 6.42 Å². The number of terminal acetylenes is 1. The monoisotopic (exact) mass is 100 g/mol. The number of ketones is 1. The van der Waals surface area contributed by atoms with Crippen molar-refractivity contribution in [3.05, 3.63) is 0 Å². The molecule has 0 aliphatic carbocycles. The normalized spacial score (nSPS) is 7.43. The van der Waals surface area contributed by atoms with Crippen molar-refractivity contribution in [2.75, 3.05) is 6.67 Å². The minimum absolute atomic E-state index is 0.0868. The maximum atomic E-state index is 11.1. The van der Waals surface area contributed by atoms with Crippen LogP contribution in [0.1, 0.15) is 6.42 Å². The maximum absolute atomic E-state index is 11.1. The van der Waals surface area contributed by atoms with Crippen molar-refractivity contribution in [1.29, 1.82) is 0 Å². The van der Waals surface area contributed by atoms with E-state index >= 15 is 0 Å². The first-order valence-corrected chi connectivity index (χ1v) is 1.82. The Morgan fingerprint density at radius 3 is 2.57 bits per heavy atom. The van der Waals surface area contributed by atoms with Crippen molar-refractivity contribution >= 4 is 5.78 Å². The number of halogens is 1. The Morgan fingerprint density at radius 2 is 2.43 bits per heavy atom. The quantitative estimate of drug-likeness (QED) is 0.463. The third kappa shape index (κ3) is 2.98. The lowest BCUT2D eigenvalue weighted by atomic mass is 10.3. The number of alkyl halides is 1. The van der Waals surface area contributed by atoms with Crippen LogP contribution in [0.25, 0.3) is 0 Å². The second-order valence-corrected chi connectivity index (χ2v) is 1.05. The Labute approximate surface area is 41.5 Å². The molecule has 38 valence electrons. The number of carbonyl (C=O) groups is 1. The number of carbonyl (C=O) groups excluding carboxylic acids is 1. The second-order valence-electron chi connectivity index (χ2n) is 1.05. The fraction of sp³-hybridized carbons (Fsp3) is 0.400. The molecule has 0 atom stereocenters. The first-order valence-electron chi connectivity index (χ1n) is 1.82. The van der Waals surface area contributed by atoms with Crippen molar-refractivity contribution in [2.45, 2.75) is 6.42 Å². The van der Waals surface area contributed by atoms with E-state index in [0.29, 0.717) is 0 Å². The molecule has 1 nitrogen and oxygen atoms in total. The van der Waals surface area contributed by atoms with Crippen LogP contribution >= 0.6 is 0 Å². The molecule has 0 amide bonds. The summed E-state index contributed by atoms with van der Waals surface area (Å²) in [6.07, 6.45) is 4.58. The largest absolute Gasteiger partial charge is 0.296 e. The topological polar surface area (TPSA) is 17.1 Å². The van der Waals surface area contributed by atoms with Crippen LogP contribution in [-0.4, -0.2) is 12.5 Å². The molecular weight excluding hydrogens is 95.1 g/mol. The van der Waals surface area contributed by atoms with Gasteiger partial charge >= 0.3 is 0 Å². The predicted octanol–water partition coefficient (Wildman–Crippen LogP) is 0.548. The summed E-state index contributed by atoms with van der Waals surface area (Å²) in [7, 11) is 0. The van der Waals surface area contributed by atoms with Gasteiger partial charge in [0.25, 0.3) is 0 Å². The smallest absolute Gasteiger partial charge is 0.175 e. The Bertz CT molecular complexity index is 101. The van der Waals surface area contributed by atoms with Gasteiger partial charge in [-0.3, -0.25) is 4.79 Å². The zero-order chi connectivity index (χ0) is 5.70. The van der Waals surface area contributed by atoms with Crippen molar-refractivity contribution in [3.8, 4) is 12.3 Å². The number of hydrogen-bond donors (Lipinski definition) is 0. The van der Waals surface area contributed by atoms with Gasteiger partial charge in [-0.2, -0.15) is 0 Å². The summed E-state index contributed by atoms with van der Waals surface area (Å²) in [6.45, 7) is -0.940. The highest BCUT2D eigenvalue weighted by Gasteiger charge is 1.93. The molecule has 0 unspecified atom stereocenters. The fourth-order valence-corrected chi connectivity index (χ4v) is 0.161. The van der Waals surface area contributed by atoms with E-state index in [2.05, 4.69) is 6.42 Å². The van der Waals surface area contributed by atoms with Crippen LogP contribution in [0, 0.1) is 12.3 Å². The molecule has 0 radical (unpaired) electrons. The summed E-state index contributed by atoms with van der Waals surface area (Å²) in [5.41, 5.74) is 0. The lowest BCUT2D eigenvalue weighted by Crippen LogP contribution is -1.95. The van der Waals surface area contributed by atoms with Gasteiger partial charge in [0.05, 0.1) is 6.42 Å². The molecule has 0 spiro atoms. The molecule has 0 fully saturated rings. The van der Waals surface area contributed by atoms with E-state index in [0.717, 1.165) is 0 Å².